The largest absolute Gasteiger partial charge is 0.530 e. The quantitative estimate of drug-likeness (QED) is 0.625. The van der Waals surface area contributed by atoms with Gasteiger partial charge in [-0.25, -0.2) is 0 Å². The summed E-state index contributed by atoms with van der Waals surface area (Å²) in [5, 5.41) is 14.3. The van der Waals surface area contributed by atoms with Crippen LogP contribution in [0.5, 0.6) is 0 Å². The van der Waals surface area contributed by atoms with Crippen molar-refractivity contribution >= 4 is 6.09 Å². The van der Waals surface area contributed by atoms with Crippen molar-refractivity contribution in [2.75, 3.05) is 13.1 Å². The highest BCUT2D eigenvalue weighted by atomic mass is 16.4. The van der Waals surface area contributed by atoms with E-state index < -0.39 is 6.09 Å². The Hall–Kier alpha value is -0.770. The Morgan fingerprint density at radius 2 is 1.86 bits per heavy atom. The second kappa shape index (κ2) is 2.86. The van der Waals surface area contributed by atoms with E-state index in [9.17, 15) is 9.90 Å². The first-order valence-electron chi connectivity index (χ1n) is 5.14. The first kappa shape index (κ1) is 9.77. The number of carbonyl (C=O) groups is 1. The Kier molecular flexibility index (Phi) is 2.00. The third-order valence-electron chi connectivity index (χ3n) is 3.26. The lowest BCUT2D eigenvalue weighted by atomic mass is 10.1. The fourth-order valence-electron chi connectivity index (χ4n) is 2.61. The van der Waals surface area contributed by atoms with E-state index in [0.29, 0.717) is 11.8 Å². The molecule has 1 saturated carbocycles. The molecular formula is C10H17N2O2-. The van der Waals surface area contributed by atoms with Gasteiger partial charge in [-0.3, -0.25) is 0 Å². The van der Waals surface area contributed by atoms with Crippen LogP contribution in [-0.4, -0.2) is 35.7 Å². The first-order valence-corrected chi connectivity index (χ1v) is 5.14. The predicted molar refractivity (Wildman–Crippen MR) is 50.6 cm³/mol. The number of carbonyl (C=O) groups excluding carboxylic acids is 1. The lowest BCUT2D eigenvalue weighted by Crippen LogP contribution is -2.54. The third-order valence-corrected chi connectivity index (χ3v) is 3.26. The molecule has 1 amide bonds. The summed E-state index contributed by atoms with van der Waals surface area (Å²) in [7, 11) is 0. The predicted octanol–water partition coefficient (Wildman–Crippen LogP) is -0.352. The number of carboxylic acid groups (broad SMARTS) is 1. The fraction of sp³-hybridized carbons (Fsp3) is 0.900. The number of piperidine rings is 1. The van der Waals surface area contributed by atoms with Gasteiger partial charge in [0, 0.05) is 24.7 Å². The molecule has 1 aliphatic carbocycles. The molecule has 1 heterocycles. The summed E-state index contributed by atoms with van der Waals surface area (Å²) >= 11 is 0. The van der Waals surface area contributed by atoms with Gasteiger partial charge in [0.25, 0.3) is 0 Å². The summed E-state index contributed by atoms with van der Waals surface area (Å²) in [4.78, 5) is 12.6. The van der Waals surface area contributed by atoms with Gasteiger partial charge in [-0.2, -0.15) is 0 Å². The Labute approximate surface area is 84.3 Å². The molecule has 0 aromatic heterocycles. The maximum atomic E-state index is 11.1. The van der Waals surface area contributed by atoms with E-state index in [1.165, 1.54) is 4.90 Å². The van der Waals surface area contributed by atoms with Crippen molar-refractivity contribution in [3.63, 3.8) is 0 Å². The number of fused-ring (bicyclic) bond motifs is 1. The minimum atomic E-state index is -1.03. The van der Waals surface area contributed by atoms with Crippen molar-refractivity contribution in [3.05, 3.63) is 0 Å². The second-order valence-electron chi connectivity index (χ2n) is 5.28. The first-order chi connectivity index (χ1) is 6.43. The third kappa shape index (κ3) is 1.38. The van der Waals surface area contributed by atoms with Gasteiger partial charge in [-0.1, -0.05) is 0 Å². The molecule has 80 valence electrons. The van der Waals surface area contributed by atoms with Crippen LogP contribution in [0.25, 0.3) is 0 Å². The molecule has 2 aliphatic rings. The van der Waals surface area contributed by atoms with Crippen LogP contribution in [0.3, 0.4) is 0 Å². The van der Waals surface area contributed by atoms with Crippen LogP contribution < -0.4 is 10.4 Å². The van der Waals surface area contributed by atoms with Gasteiger partial charge >= 0.3 is 0 Å². The maximum absolute atomic E-state index is 11.1. The summed E-state index contributed by atoms with van der Waals surface area (Å²) in [6.45, 7) is 7.67. The zero-order valence-electron chi connectivity index (χ0n) is 8.91. The van der Waals surface area contributed by atoms with E-state index in [0.717, 1.165) is 13.1 Å². The topological polar surface area (TPSA) is 55.4 Å². The molecule has 2 rings (SSSR count). The standard InChI is InChI=1S/C10H18N2O2/c1-10(2,3)12(9(13)14)8-6-4-11-5-7(6)8/h6-8,11H,4-5H2,1-3H3,(H,13,14)/p-1. The normalized spacial score (nSPS) is 35.2. The van der Waals surface area contributed by atoms with Crippen LogP contribution in [0.2, 0.25) is 0 Å². The number of hydrogen-bond acceptors (Lipinski definition) is 3. The van der Waals surface area contributed by atoms with Crippen LogP contribution in [0.15, 0.2) is 0 Å². The molecule has 0 aromatic carbocycles. The number of rotatable bonds is 1. The summed E-state index contributed by atoms with van der Waals surface area (Å²) in [5.74, 6) is 1.04. The molecule has 0 spiro atoms. The minimum absolute atomic E-state index is 0.196. The number of amides is 1. The average molecular weight is 197 g/mol. The lowest BCUT2D eigenvalue weighted by molar-refractivity contribution is -0.271. The van der Waals surface area contributed by atoms with Crippen LogP contribution in [-0.2, 0) is 0 Å². The zero-order chi connectivity index (χ0) is 10.5. The molecule has 2 atom stereocenters. The van der Waals surface area contributed by atoms with Gasteiger partial charge in [0.05, 0.1) is 0 Å². The highest BCUT2D eigenvalue weighted by Gasteiger charge is 2.57. The second-order valence-corrected chi connectivity index (χ2v) is 5.28. The van der Waals surface area contributed by atoms with Crippen LogP contribution >= 0.6 is 0 Å². The van der Waals surface area contributed by atoms with Gasteiger partial charge in [-0.05, 0) is 32.6 Å². The van der Waals surface area contributed by atoms with Gasteiger partial charge in [0.1, 0.15) is 6.09 Å². The molecule has 1 N–H and O–H groups in total. The van der Waals surface area contributed by atoms with E-state index >= 15 is 0 Å². The summed E-state index contributed by atoms with van der Waals surface area (Å²) in [6.07, 6.45) is -1.03. The van der Waals surface area contributed by atoms with Crippen LogP contribution in [0.4, 0.5) is 4.79 Å². The Bertz CT molecular complexity index is 249. The van der Waals surface area contributed by atoms with E-state index in [1.54, 1.807) is 0 Å². The van der Waals surface area contributed by atoms with E-state index in [1.807, 2.05) is 20.8 Å². The lowest BCUT2D eigenvalue weighted by Gasteiger charge is -2.39. The van der Waals surface area contributed by atoms with Crippen LogP contribution in [0, 0.1) is 11.8 Å². The van der Waals surface area contributed by atoms with Crippen LogP contribution in [0.1, 0.15) is 20.8 Å². The number of nitrogens with one attached hydrogen (secondary N) is 1. The smallest absolute Gasteiger partial charge is 0.137 e. The number of nitrogens with zero attached hydrogens (tertiary/aromatic N) is 1. The summed E-state index contributed by atoms with van der Waals surface area (Å²) < 4.78 is 0. The highest BCUT2D eigenvalue weighted by molar-refractivity contribution is 5.65. The molecule has 0 aromatic rings. The SMILES string of the molecule is CC(C)(C)N(C(=O)[O-])C1C2CNCC21. The van der Waals surface area contributed by atoms with Gasteiger partial charge in [0.15, 0.2) is 0 Å². The average Bonchev–Trinajstić information content (AvgIpc) is 2.52. The van der Waals surface area contributed by atoms with Crippen molar-refractivity contribution in [3.8, 4) is 0 Å². The summed E-state index contributed by atoms with van der Waals surface area (Å²) in [6, 6.07) is 0.196. The molecule has 1 aliphatic heterocycles. The van der Waals surface area contributed by atoms with Gasteiger partial charge < -0.3 is 20.1 Å². The molecule has 4 heteroatoms. The maximum Gasteiger partial charge on any atom is 0.137 e. The highest BCUT2D eigenvalue weighted by Crippen LogP contribution is 2.47. The minimum Gasteiger partial charge on any atom is -0.530 e. The summed E-state index contributed by atoms with van der Waals surface area (Å²) in [5.41, 5.74) is -0.339. The van der Waals surface area contributed by atoms with Crippen molar-refractivity contribution in [1.29, 1.82) is 0 Å². The van der Waals surface area contributed by atoms with Crippen molar-refractivity contribution < 1.29 is 9.90 Å². The van der Waals surface area contributed by atoms with Gasteiger partial charge in [0.2, 0.25) is 0 Å². The molecule has 2 fully saturated rings. The Morgan fingerprint density at radius 3 is 2.21 bits per heavy atom. The number of hydrogen-bond donors (Lipinski definition) is 1. The molecule has 2 unspecified atom stereocenters. The van der Waals surface area contributed by atoms with Crippen molar-refractivity contribution in [1.82, 2.24) is 10.2 Å². The Balaban J connectivity index is 2.10. The molecule has 4 nitrogen and oxygen atoms in total. The van der Waals surface area contributed by atoms with Crippen molar-refractivity contribution in [2.24, 2.45) is 11.8 Å². The molecule has 0 radical (unpaired) electrons. The monoisotopic (exact) mass is 197 g/mol. The fourth-order valence-corrected chi connectivity index (χ4v) is 2.61. The van der Waals surface area contributed by atoms with E-state index in [-0.39, 0.29) is 11.6 Å². The van der Waals surface area contributed by atoms with Crippen molar-refractivity contribution in [2.45, 2.75) is 32.4 Å². The van der Waals surface area contributed by atoms with E-state index in [4.69, 9.17) is 0 Å². The van der Waals surface area contributed by atoms with Gasteiger partial charge in [-0.15, -0.1) is 0 Å². The molecule has 0 bridgehead atoms. The zero-order valence-corrected chi connectivity index (χ0v) is 8.91. The Morgan fingerprint density at radius 1 is 1.36 bits per heavy atom. The van der Waals surface area contributed by atoms with E-state index in [2.05, 4.69) is 5.32 Å². The molecule has 14 heavy (non-hydrogen) atoms. The molecular weight excluding hydrogens is 180 g/mol. The molecule has 1 saturated heterocycles.